The number of carbonyl (C=O) groups excluding carboxylic acids is 2. The summed E-state index contributed by atoms with van der Waals surface area (Å²) in [6.45, 7) is 2.73. The number of carboxylic acid groups (broad SMARTS) is 1. The molecule has 2 amide bonds. The topological polar surface area (TPSA) is 95.5 Å². The molecule has 0 heterocycles. The maximum Gasteiger partial charge on any atom is 0.308 e. The Morgan fingerprint density at radius 3 is 2.29 bits per heavy atom. The van der Waals surface area contributed by atoms with Crippen LogP contribution in [0.2, 0.25) is 0 Å². The van der Waals surface area contributed by atoms with Crippen LogP contribution in [0, 0.1) is 5.92 Å². The maximum atomic E-state index is 11.0. The van der Waals surface area contributed by atoms with E-state index in [0.29, 0.717) is 0 Å². The van der Waals surface area contributed by atoms with Gasteiger partial charge in [0, 0.05) is 13.5 Å². The van der Waals surface area contributed by atoms with Gasteiger partial charge in [0.2, 0.25) is 11.8 Å². The average molecular weight is 202 g/mol. The molecule has 3 N–H and O–H groups in total. The highest BCUT2D eigenvalue weighted by molar-refractivity contribution is 5.83. The van der Waals surface area contributed by atoms with Gasteiger partial charge >= 0.3 is 5.97 Å². The zero-order valence-electron chi connectivity index (χ0n) is 8.16. The van der Waals surface area contributed by atoms with E-state index in [2.05, 4.69) is 10.6 Å². The van der Waals surface area contributed by atoms with Crippen molar-refractivity contribution in [3.63, 3.8) is 0 Å². The van der Waals surface area contributed by atoms with Crippen LogP contribution >= 0.6 is 0 Å². The predicted octanol–water partition coefficient (Wildman–Crippen LogP) is -1.04. The Bertz CT molecular complexity index is 239. The van der Waals surface area contributed by atoms with Gasteiger partial charge in [0.1, 0.15) is 0 Å². The lowest BCUT2D eigenvalue weighted by Crippen LogP contribution is -2.38. The van der Waals surface area contributed by atoms with Crippen LogP contribution in [0.1, 0.15) is 13.8 Å². The van der Waals surface area contributed by atoms with E-state index in [-0.39, 0.29) is 19.0 Å². The Hall–Kier alpha value is -1.59. The predicted molar refractivity (Wildman–Crippen MR) is 48.5 cm³/mol. The number of rotatable bonds is 5. The van der Waals surface area contributed by atoms with Crippen LogP contribution in [0.25, 0.3) is 0 Å². The summed E-state index contributed by atoms with van der Waals surface area (Å²) in [4.78, 5) is 31.7. The van der Waals surface area contributed by atoms with Crippen molar-refractivity contribution in [2.24, 2.45) is 5.92 Å². The molecule has 0 aromatic carbocycles. The van der Waals surface area contributed by atoms with Crippen molar-refractivity contribution < 1.29 is 19.5 Å². The highest BCUT2D eigenvalue weighted by atomic mass is 16.4. The van der Waals surface area contributed by atoms with Crippen molar-refractivity contribution in [1.29, 1.82) is 0 Å². The summed E-state index contributed by atoms with van der Waals surface area (Å²) in [6, 6.07) is 0. The van der Waals surface area contributed by atoms with Crippen LogP contribution in [-0.4, -0.2) is 36.0 Å². The molecule has 6 nitrogen and oxygen atoms in total. The van der Waals surface area contributed by atoms with E-state index in [9.17, 15) is 14.4 Å². The second kappa shape index (κ2) is 5.95. The second-order valence-corrected chi connectivity index (χ2v) is 2.95. The maximum absolute atomic E-state index is 11.0. The normalized spacial score (nSPS) is 11.6. The summed E-state index contributed by atoms with van der Waals surface area (Å²) in [5.41, 5.74) is 0. The Balaban J connectivity index is 3.64. The van der Waals surface area contributed by atoms with Crippen LogP contribution in [0.3, 0.4) is 0 Å². The minimum absolute atomic E-state index is 0.0632. The van der Waals surface area contributed by atoms with Crippen molar-refractivity contribution in [2.75, 3.05) is 13.1 Å². The molecule has 0 aliphatic heterocycles. The molecule has 0 aromatic rings. The largest absolute Gasteiger partial charge is 0.481 e. The molecule has 0 fully saturated rings. The number of aliphatic carboxylic acids is 1. The Morgan fingerprint density at radius 1 is 1.29 bits per heavy atom. The quantitative estimate of drug-likeness (QED) is 0.530. The van der Waals surface area contributed by atoms with E-state index >= 15 is 0 Å². The summed E-state index contributed by atoms with van der Waals surface area (Å²) in [6.07, 6.45) is 0. The molecule has 0 spiro atoms. The minimum Gasteiger partial charge on any atom is -0.481 e. The lowest BCUT2D eigenvalue weighted by Gasteiger charge is -2.08. The van der Waals surface area contributed by atoms with E-state index in [0.717, 1.165) is 0 Å². The summed E-state index contributed by atoms with van der Waals surface area (Å²) >= 11 is 0. The molecule has 14 heavy (non-hydrogen) atoms. The minimum atomic E-state index is -0.968. The van der Waals surface area contributed by atoms with Gasteiger partial charge in [0.15, 0.2) is 0 Å². The molecule has 0 saturated carbocycles. The third-order valence-electron chi connectivity index (χ3n) is 1.52. The molecular weight excluding hydrogens is 188 g/mol. The number of hydrogen-bond donors (Lipinski definition) is 3. The molecule has 0 saturated heterocycles. The number of nitrogens with one attached hydrogen (secondary N) is 2. The van der Waals surface area contributed by atoms with E-state index in [1.807, 2.05) is 0 Å². The van der Waals surface area contributed by atoms with Crippen LogP contribution in [0.4, 0.5) is 0 Å². The first-order valence-electron chi connectivity index (χ1n) is 4.17. The second-order valence-electron chi connectivity index (χ2n) is 2.95. The van der Waals surface area contributed by atoms with Gasteiger partial charge in [-0.05, 0) is 0 Å². The van der Waals surface area contributed by atoms with Gasteiger partial charge in [0.05, 0.1) is 12.5 Å². The van der Waals surface area contributed by atoms with Crippen molar-refractivity contribution in [3.8, 4) is 0 Å². The Kier molecular flexibility index (Phi) is 5.28. The van der Waals surface area contributed by atoms with E-state index in [1.54, 1.807) is 0 Å². The summed E-state index contributed by atoms with van der Waals surface area (Å²) in [5, 5.41) is 13.2. The van der Waals surface area contributed by atoms with Crippen molar-refractivity contribution in [1.82, 2.24) is 10.6 Å². The van der Waals surface area contributed by atoms with Gasteiger partial charge in [-0.15, -0.1) is 0 Å². The van der Waals surface area contributed by atoms with Gasteiger partial charge in [-0.2, -0.15) is 0 Å². The number of hydrogen-bond acceptors (Lipinski definition) is 3. The molecule has 80 valence electrons. The summed E-state index contributed by atoms with van der Waals surface area (Å²) in [7, 11) is 0. The first-order valence-corrected chi connectivity index (χ1v) is 4.17. The van der Waals surface area contributed by atoms with Crippen LogP contribution < -0.4 is 10.6 Å². The molecule has 0 bridgehead atoms. The first-order chi connectivity index (χ1) is 6.43. The number of amides is 2. The standard InChI is InChI=1S/C8H14N2O4/c1-5(8(13)14)3-10-7(12)4-9-6(2)11/h5H,3-4H2,1-2H3,(H,9,11)(H,10,12)(H,13,14). The summed E-state index contributed by atoms with van der Waals surface area (Å²) in [5.74, 6) is -2.29. The Morgan fingerprint density at radius 2 is 1.86 bits per heavy atom. The monoisotopic (exact) mass is 202 g/mol. The molecule has 0 aliphatic carbocycles. The average Bonchev–Trinajstić information content (AvgIpc) is 2.10. The Labute approximate surface area is 81.7 Å². The third kappa shape index (κ3) is 5.99. The van der Waals surface area contributed by atoms with Crippen LogP contribution in [-0.2, 0) is 14.4 Å². The van der Waals surface area contributed by atoms with E-state index < -0.39 is 17.8 Å². The van der Waals surface area contributed by atoms with Gasteiger partial charge in [-0.3, -0.25) is 14.4 Å². The number of carbonyl (C=O) groups is 3. The smallest absolute Gasteiger partial charge is 0.308 e. The SMILES string of the molecule is CC(=O)NCC(=O)NCC(C)C(=O)O. The highest BCUT2D eigenvalue weighted by Gasteiger charge is 2.11. The zero-order valence-corrected chi connectivity index (χ0v) is 8.16. The van der Waals surface area contributed by atoms with Gasteiger partial charge in [-0.25, -0.2) is 0 Å². The number of carboxylic acids is 1. The summed E-state index contributed by atoms with van der Waals surface area (Å²) < 4.78 is 0. The van der Waals surface area contributed by atoms with Crippen molar-refractivity contribution in [3.05, 3.63) is 0 Å². The molecule has 0 aliphatic rings. The van der Waals surface area contributed by atoms with Crippen LogP contribution in [0.15, 0.2) is 0 Å². The van der Waals surface area contributed by atoms with Crippen LogP contribution in [0.5, 0.6) is 0 Å². The van der Waals surface area contributed by atoms with E-state index in [1.165, 1.54) is 13.8 Å². The fourth-order valence-corrected chi connectivity index (χ4v) is 0.621. The van der Waals surface area contributed by atoms with Crippen molar-refractivity contribution in [2.45, 2.75) is 13.8 Å². The fourth-order valence-electron chi connectivity index (χ4n) is 0.621. The molecular formula is C8H14N2O4. The molecule has 0 aromatic heterocycles. The molecule has 6 heteroatoms. The zero-order chi connectivity index (χ0) is 11.1. The van der Waals surface area contributed by atoms with Gasteiger partial charge in [-0.1, -0.05) is 6.92 Å². The van der Waals surface area contributed by atoms with Gasteiger partial charge in [0.25, 0.3) is 0 Å². The first kappa shape index (κ1) is 12.4. The van der Waals surface area contributed by atoms with E-state index in [4.69, 9.17) is 5.11 Å². The highest BCUT2D eigenvalue weighted by Crippen LogP contribution is 1.90. The third-order valence-corrected chi connectivity index (χ3v) is 1.52. The molecule has 0 radical (unpaired) electrons. The lowest BCUT2D eigenvalue weighted by molar-refractivity contribution is -0.141. The molecule has 1 unspecified atom stereocenters. The van der Waals surface area contributed by atoms with Crippen molar-refractivity contribution >= 4 is 17.8 Å². The molecule has 0 rings (SSSR count). The lowest BCUT2D eigenvalue weighted by atomic mass is 10.2. The fraction of sp³-hybridized carbons (Fsp3) is 0.625. The van der Waals surface area contributed by atoms with Gasteiger partial charge < -0.3 is 15.7 Å². The molecule has 1 atom stereocenters.